The second kappa shape index (κ2) is 6.65. The molecule has 3 heteroatoms. The lowest BCUT2D eigenvalue weighted by molar-refractivity contribution is 0.335. The summed E-state index contributed by atoms with van der Waals surface area (Å²) in [6, 6.07) is 27.6. The van der Waals surface area contributed by atoms with Gasteiger partial charge in [0.15, 0.2) is 5.76 Å². The molecule has 1 heterocycles. The number of hydrogen-bond acceptors (Lipinski definition) is 3. The van der Waals surface area contributed by atoms with Crippen molar-refractivity contribution in [3.63, 3.8) is 0 Å². The molecule has 0 bridgehead atoms. The average molecular weight is 327 g/mol. The average Bonchev–Trinajstić information content (AvgIpc) is 3.01. The third-order valence-electron chi connectivity index (χ3n) is 4.13. The Balaban J connectivity index is 1.85. The first-order valence-electron chi connectivity index (χ1n) is 8.17. The molecule has 0 aliphatic carbocycles. The molecule has 4 aromatic rings. The van der Waals surface area contributed by atoms with Gasteiger partial charge >= 0.3 is 0 Å². The lowest BCUT2D eigenvalue weighted by Gasteiger charge is -2.06. The fourth-order valence-electron chi connectivity index (χ4n) is 2.89. The highest BCUT2D eigenvalue weighted by atomic mass is 16.5. The molecule has 0 saturated carbocycles. The van der Waals surface area contributed by atoms with Gasteiger partial charge in [-0.2, -0.15) is 0 Å². The number of aliphatic imine (C=N–C) groups is 1. The molecule has 0 spiro atoms. The van der Waals surface area contributed by atoms with Crippen molar-refractivity contribution in [1.82, 2.24) is 0 Å². The number of fused-ring (bicyclic) bond motifs is 1. The number of hydrogen-bond donors (Lipinski definition) is 1. The molecule has 3 nitrogen and oxygen atoms in total. The predicted molar refractivity (Wildman–Crippen MR) is 100 cm³/mol. The number of benzene rings is 3. The molecule has 0 amide bonds. The van der Waals surface area contributed by atoms with Crippen LogP contribution in [0.25, 0.3) is 10.8 Å². The van der Waals surface area contributed by atoms with Gasteiger partial charge in [-0.05, 0) is 11.6 Å². The van der Waals surface area contributed by atoms with E-state index in [0.29, 0.717) is 17.7 Å². The molecule has 0 aliphatic heterocycles. The van der Waals surface area contributed by atoms with Crippen LogP contribution in [0.1, 0.15) is 16.9 Å². The third-order valence-corrected chi connectivity index (χ3v) is 4.13. The van der Waals surface area contributed by atoms with Gasteiger partial charge < -0.3 is 9.52 Å². The van der Waals surface area contributed by atoms with Crippen LogP contribution in [0.5, 0.6) is 5.95 Å². The zero-order valence-electron chi connectivity index (χ0n) is 13.6. The molecule has 0 saturated heterocycles. The fourth-order valence-corrected chi connectivity index (χ4v) is 2.89. The van der Waals surface area contributed by atoms with Gasteiger partial charge in [0.25, 0.3) is 5.95 Å². The first-order chi connectivity index (χ1) is 12.3. The third kappa shape index (κ3) is 3.04. The van der Waals surface area contributed by atoms with Gasteiger partial charge in [0.1, 0.15) is 5.71 Å². The van der Waals surface area contributed by atoms with E-state index >= 15 is 0 Å². The van der Waals surface area contributed by atoms with E-state index < -0.39 is 0 Å². The van der Waals surface area contributed by atoms with Gasteiger partial charge in [0.2, 0.25) is 0 Å². The maximum atomic E-state index is 10.2. The standard InChI is InChI=1S/C22H17NO2/c24-22-19-14-8-7-13-18(19)21(25-22)20(17-11-5-2-6-12-17)23-15-16-9-3-1-4-10-16/h1-14,24H,15H2. The van der Waals surface area contributed by atoms with E-state index in [2.05, 4.69) is 0 Å². The Morgan fingerprint density at radius 3 is 2.08 bits per heavy atom. The van der Waals surface area contributed by atoms with Crippen molar-refractivity contribution in [2.75, 3.05) is 0 Å². The Morgan fingerprint density at radius 1 is 0.760 bits per heavy atom. The van der Waals surface area contributed by atoms with Gasteiger partial charge in [0.05, 0.1) is 11.9 Å². The number of aromatic hydroxyl groups is 1. The van der Waals surface area contributed by atoms with E-state index in [-0.39, 0.29) is 5.95 Å². The van der Waals surface area contributed by atoms with Crippen LogP contribution >= 0.6 is 0 Å². The Bertz CT molecular complexity index is 1020. The van der Waals surface area contributed by atoms with E-state index in [1.54, 1.807) is 0 Å². The Morgan fingerprint density at radius 2 is 1.36 bits per heavy atom. The second-order valence-electron chi connectivity index (χ2n) is 5.80. The maximum absolute atomic E-state index is 10.2. The number of furan rings is 1. The topological polar surface area (TPSA) is 45.7 Å². The molecule has 0 radical (unpaired) electrons. The summed E-state index contributed by atoms with van der Waals surface area (Å²) in [7, 11) is 0. The van der Waals surface area contributed by atoms with Crippen LogP contribution in [-0.2, 0) is 6.54 Å². The molecule has 3 aromatic carbocycles. The van der Waals surface area contributed by atoms with E-state index in [1.807, 2.05) is 84.9 Å². The molecule has 0 unspecified atom stereocenters. The lowest BCUT2D eigenvalue weighted by Crippen LogP contribution is -2.03. The van der Waals surface area contributed by atoms with Crippen LogP contribution in [0, 0.1) is 0 Å². The smallest absolute Gasteiger partial charge is 0.290 e. The second-order valence-corrected chi connectivity index (χ2v) is 5.80. The first-order valence-corrected chi connectivity index (χ1v) is 8.17. The minimum Gasteiger partial charge on any atom is -0.480 e. The first kappa shape index (κ1) is 15.2. The van der Waals surface area contributed by atoms with E-state index in [4.69, 9.17) is 9.41 Å². The van der Waals surface area contributed by atoms with Gasteiger partial charge in [-0.3, -0.25) is 4.99 Å². The van der Waals surface area contributed by atoms with Crippen molar-refractivity contribution in [2.45, 2.75) is 6.54 Å². The van der Waals surface area contributed by atoms with Crippen molar-refractivity contribution in [3.05, 3.63) is 102 Å². The van der Waals surface area contributed by atoms with Crippen molar-refractivity contribution in [1.29, 1.82) is 0 Å². The highest BCUT2D eigenvalue weighted by molar-refractivity contribution is 6.18. The van der Waals surface area contributed by atoms with Crippen LogP contribution in [0.2, 0.25) is 0 Å². The van der Waals surface area contributed by atoms with Crippen molar-refractivity contribution < 1.29 is 9.52 Å². The van der Waals surface area contributed by atoms with Gasteiger partial charge in [0, 0.05) is 10.9 Å². The van der Waals surface area contributed by atoms with Crippen molar-refractivity contribution in [3.8, 4) is 5.95 Å². The minimum absolute atomic E-state index is 0.0751. The summed E-state index contributed by atoms with van der Waals surface area (Å²) in [5, 5.41) is 11.7. The van der Waals surface area contributed by atoms with Crippen molar-refractivity contribution >= 4 is 16.5 Å². The quantitative estimate of drug-likeness (QED) is 0.525. The summed E-state index contributed by atoms with van der Waals surface area (Å²) in [4.78, 5) is 4.81. The molecular weight excluding hydrogens is 310 g/mol. The molecule has 122 valence electrons. The molecule has 1 N–H and O–H groups in total. The maximum Gasteiger partial charge on any atom is 0.290 e. The zero-order chi connectivity index (χ0) is 17.1. The van der Waals surface area contributed by atoms with Crippen molar-refractivity contribution in [2.24, 2.45) is 4.99 Å². The lowest BCUT2D eigenvalue weighted by atomic mass is 10.0. The van der Waals surface area contributed by atoms with E-state index in [0.717, 1.165) is 22.2 Å². The molecule has 4 rings (SSSR count). The summed E-state index contributed by atoms with van der Waals surface area (Å²) >= 11 is 0. The molecule has 0 fully saturated rings. The number of rotatable bonds is 4. The fraction of sp³-hybridized carbons (Fsp3) is 0.0455. The van der Waals surface area contributed by atoms with Crippen LogP contribution in [0.4, 0.5) is 0 Å². The summed E-state index contributed by atoms with van der Waals surface area (Å²) < 4.78 is 5.69. The molecule has 1 aromatic heterocycles. The van der Waals surface area contributed by atoms with E-state index in [9.17, 15) is 5.11 Å². The zero-order valence-corrected chi connectivity index (χ0v) is 13.6. The Kier molecular flexibility index (Phi) is 4.05. The summed E-state index contributed by atoms with van der Waals surface area (Å²) in [5.41, 5.74) is 2.81. The normalized spacial score (nSPS) is 11.8. The molecular formula is C22H17NO2. The summed E-state index contributed by atoms with van der Waals surface area (Å²) in [6.45, 7) is 0.543. The van der Waals surface area contributed by atoms with E-state index in [1.165, 1.54) is 0 Å². The van der Waals surface area contributed by atoms with Crippen LogP contribution < -0.4 is 0 Å². The molecule has 0 aliphatic rings. The SMILES string of the molecule is Oc1oc(C(=NCc2ccccc2)c2ccccc2)c2ccccc12. The van der Waals surface area contributed by atoms with Gasteiger partial charge in [-0.1, -0.05) is 78.9 Å². The largest absolute Gasteiger partial charge is 0.480 e. The van der Waals surface area contributed by atoms with Crippen LogP contribution in [-0.4, -0.2) is 10.8 Å². The molecule has 0 atom stereocenters. The minimum atomic E-state index is -0.0751. The predicted octanol–water partition coefficient (Wildman–Crippen LogP) is 5.18. The molecule has 25 heavy (non-hydrogen) atoms. The van der Waals surface area contributed by atoms with Gasteiger partial charge in [-0.25, -0.2) is 0 Å². The van der Waals surface area contributed by atoms with Crippen LogP contribution in [0.3, 0.4) is 0 Å². The monoisotopic (exact) mass is 327 g/mol. The van der Waals surface area contributed by atoms with Gasteiger partial charge in [-0.15, -0.1) is 0 Å². The Hall–Kier alpha value is -3.33. The highest BCUT2D eigenvalue weighted by Gasteiger charge is 2.18. The highest BCUT2D eigenvalue weighted by Crippen LogP contribution is 2.32. The van der Waals surface area contributed by atoms with Crippen LogP contribution in [0.15, 0.2) is 94.3 Å². The summed E-state index contributed by atoms with van der Waals surface area (Å²) in [6.07, 6.45) is 0. The Labute approximate surface area is 145 Å². The summed E-state index contributed by atoms with van der Waals surface area (Å²) in [5.74, 6) is 0.518. The number of nitrogens with zero attached hydrogens (tertiary/aromatic N) is 1.